The predicted octanol–water partition coefficient (Wildman–Crippen LogP) is 5.08. The van der Waals surface area contributed by atoms with Crippen LogP contribution in [0.4, 0.5) is 5.69 Å². The molecule has 2 aliphatic carbocycles. The quantitative estimate of drug-likeness (QED) is 0.703. The maximum atomic E-state index is 14.0. The summed E-state index contributed by atoms with van der Waals surface area (Å²) in [7, 11) is -0.876. The van der Waals surface area contributed by atoms with E-state index < -0.39 is 7.59 Å². The molecule has 0 aromatic heterocycles. The first kappa shape index (κ1) is 18.0. The van der Waals surface area contributed by atoms with Crippen LogP contribution in [0.5, 0.6) is 0 Å². The van der Waals surface area contributed by atoms with Gasteiger partial charge < -0.3 is 4.67 Å². The van der Waals surface area contributed by atoms with Crippen molar-refractivity contribution in [3.05, 3.63) is 30.3 Å². The molecule has 0 unspecified atom stereocenters. The normalized spacial score (nSPS) is 20.9. The van der Waals surface area contributed by atoms with Crippen molar-refractivity contribution in [1.29, 1.82) is 0 Å². The highest BCUT2D eigenvalue weighted by atomic mass is 31.2. The molecule has 0 aliphatic heterocycles. The van der Waals surface area contributed by atoms with Gasteiger partial charge in [-0.05, 0) is 37.8 Å². The molecule has 2 aliphatic rings. The average molecular weight is 349 g/mol. The Morgan fingerprint density at radius 3 is 1.75 bits per heavy atom. The summed E-state index contributed by atoms with van der Waals surface area (Å²) in [6, 6.07) is 10.8. The highest BCUT2D eigenvalue weighted by molar-refractivity contribution is 7.61. The van der Waals surface area contributed by atoms with Crippen molar-refractivity contribution in [2.45, 2.75) is 76.3 Å². The third-order valence-corrected chi connectivity index (χ3v) is 7.98. The Hall–Kier alpha value is -0.830. The molecule has 0 saturated heterocycles. The fraction of sp³-hybridized carbons (Fsp3) is 0.684. The van der Waals surface area contributed by atoms with Gasteiger partial charge in [0.25, 0.3) is 0 Å². The Balaban J connectivity index is 1.77. The van der Waals surface area contributed by atoms with Crippen molar-refractivity contribution in [2.24, 2.45) is 0 Å². The molecule has 2 fully saturated rings. The third kappa shape index (κ3) is 4.62. The van der Waals surface area contributed by atoms with Crippen molar-refractivity contribution in [2.75, 3.05) is 11.7 Å². The first-order valence-corrected chi connectivity index (χ1v) is 11.3. The van der Waals surface area contributed by atoms with E-state index in [0.717, 1.165) is 31.4 Å². The lowest BCUT2D eigenvalue weighted by Crippen LogP contribution is -2.43. The summed E-state index contributed by atoms with van der Waals surface area (Å²) in [6.45, 7) is 0. The standard InChI is InChI=1S/C19H32N3OP/c1-22(19-15-9-4-10-16-19)24(23,20-17-11-5-2-6-12-17)21-18-13-7-3-8-14-18/h4,9-10,15-18H,2-3,5-8,11-14H2,1H3,(H2,20,21,23). The second kappa shape index (κ2) is 8.51. The van der Waals surface area contributed by atoms with Crippen molar-refractivity contribution in [3.63, 3.8) is 0 Å². The van der Waals surface area contributed by atoms with E-state index in [9.17, 15) is 4.57 Å². The van der Waals surface area contributed by atoms with E-state index in [-0.39, 0.29) is 0 Å². The number of rotatable bonds is 6. The van der Waals surface area contributed by atoms with Crippen LogP contribution in [0.1, 0.15) is 64.2 Å². The smallest absolute Gasteiger partial charge is 0.302 e. The van der Waals surface area contributed by atoms with Gasteiger partial charge in [0.05, 0.1) is 0 Å². The summed E-state index contributed by atoms with van der Waals surface area (Å²) in [5.74, 6) is 0. The molecule has 4 nitrogen and oxygen atoms in total. The van der Waals surface area contributed by atoms with Crippen LogP contribution >= 0.6 is 7.59 Å². The van der Waals surface area contributed by atoms with Gasteiger partial charge in [-0.1, -0.05) is 56.7 Å². The van der Waals surface area contributed by atoms with Gasteiger partial charge in [0.2, 0.25) is 0 Å². The molecule has 0 radical (unpaired) electrons. The van der Waals surface area contributed by atoms with Gasteiger partial charge in [-0.25, -0.2) is 10.2 Å². The molecule has 0 heterocycles. The molecule has 3 rings (SSSR count). The minimum atomic E-state index is -2.84. The minimum Gasteiger partial charge on any atom is -0.302 e. The van der Waals surface area contributed by atoms with Gasteiger partial charge in [0.15, 0.2) is 0 Å². The fourth-order valence-electron chi connectivity index (χ4n) is 3.98. The Kier molecular flexibility index (Phi) is 6.37. The third-order valence-electron chi connectivity index (χ3n) is 5.48. The Morgan fingerprint density at radius 2 is 1.29 bits per heavy atom. The van der Waals surface area contributed by atoms with Crippen LogP contribution in [0.25, 0.3) is 0 Å². The molecule has 0 spiro atoms. The Bertz CT molecular complexity index is 515. The van der Waals surface area contributed by atoms with E-state index >= 15 is 0 Å². The first-order valence-electron chi connectivity index (χ1n) is 9.62. The number of nitrogens with one attached hydrogen (secondary N) is 2. The van der Waals surface area contributed by atoms with E-state index in [1.54, 1.807) is 0 Å². The SMILES string of the molecule is CN(c1ccccc1)P(=O)(NC1CCCCC1)NC1CCCCC1. The number of benzene rings is 1. The molecular weight excluding hydrogens is 317 g/mol. The van der Waals surface area contributed by atoms with Crippen LogP contribution in [-0.2, 0) is 4.57 Å². The zero-order valence-electron chi connectivity index (χ0n) is 14.9. The summed E-state index contributed by atoms with van der Waals surface area (Å²) in [5.41, 5.74) is 1.01. The summed E-state index contributed by atoms with van der Waals surface area (Å²) in [5, 5.41) is 7.10. The molecule has 1 aromatic rings. The summed E-state index contributed by atoms with van der Waals surface area (Å²) >= 11 is 0. The maximum Gasteiger partial charge on any atom is 0.306 e. The highest BCUT2D eigenvalue weighted by Gasteiger charge is 2.34. The summed E-state index contributed by atoms with van der Waals surface area (Å²) in [4.78, 5) is 0. The van der Waals surface area contributed by atoms with Gasteiger partial charge in [-0.2, -0.15) is 0 Å². The van der Waals surface area contributed by atoms with E-state index in [0.29, 0.717) is 12.1 Å². The van der Waals surface area contributed by atoms with E-state index in [1.807, 2.05) is 42.0 Å². The van der Waals surface area contributed by atoms with Gasteiger partial charge in [0, 0.05) is 24.8 Å². The van der Waals surface area contributed by atoms with Crippen LogP contribution in [-0.4, -0.2) is 19.1 Å². The van der Waals surface area contributed by atoms with Crippen molar-refractivity contribution in [3.8, 4) is 0 Å². The highest BCUT2D eigenvalue weighted by Crippen LogP contribution is 2.46. The van der Waals surface area contributed by atoms with Crippen LogP contribution in [0.3, 0.4) is 0 Å². The predicted molar refractivity (Wildman–Crippen MR) is 102 cm³/mol. The number of para-hydroxylation sites is 1. The molecule has 5 heteroatoms. The number of anilines is 1. The van der Waals surface area contributed by atoms with Crippen LogP contribution in [0, 0.1) is 0 Å². The zero-order valence-corrected chi connectivity index (χ0v) is 15.8. The second-order valence-corrected chi connectivity index (χ2v) is 9.63. The zero-order chi connectivity index (χ0) is 16.8. The average Bonchev–Trinajstić information content (AvgIpc) is 2.63. The van der Waals surface area contributed by atoms with Gasteiger partial charge in [0.1, 0.15) is 0 Å². The molecule has 1 aromatic carbocycles. The molecule has 0 bridgehead atoms. The van der Waals surface area contributed by atoms with E-state index in [4.69, 9.17) is 0 Å². The lowest BCUT2D eigenvalue weighted by atomic mass is 9.96. The number of hydrogen-bond donors (Lipinski definition) is 2. The second-order valence-electron chi connectivity index (χ2n) is 7.36. The molecule has 24 heavy (non-hydrogen) atoms. The van der Waals surface area contributed by atoms with Crippen molar-refractivity contribution in [1.82, 2.24) is 10.2 Å². The monoisotopic (exact) mass is 349 g/mol. The van der Waals surface area contributed by atoms with E-state index in [2.05, 4.69) is 10.2 Å². The first-order chi connectivity index (χ1) is 11.7. The molecule has 2 N–H and O–H groups in total. The minimum absolute atomic E-state index is 0.367. The van der Waals surface area contributed by atoms with Gasteiger partial charge in [-0.3, -0.25) is 4.57 Å². The number of nitrogens with zero attached hydrogens (tertiary/aromatic N) is 1. The largest absolute Gasteiger partial charge is 0.306 e. The van der Waals surface area contributed by atoms with Crippen LogP contribution in [0.2, 0.25) is 0 Å². The summed E-state index contributed by atoms with van der Waals surface area (Å²) in [6.07, 6.45) is 12.2. The molecular formula is C19H32N3OP. The lowest BCUT2D eigenvalue weighted by molar-refractivity contribution is 0.389. The molecule has 2 saturated carbocycles. The fourth-order valence-corrected chi connectivity index (χ4v) is 6.36. The molecule has 0 atom stereocenters. The molecule has 134 valence electrons. The Labute approximate surface area is 146 Å². The Morgan fingerprint density at radius 1 is 0.833 bits per heavy atom. The number of hydrogen-bond acceptors (Lipinski definition) is 1. The van der Waals surface area contributed by atoms with Crippen molar-refractivity contribution < 1.29 is 4.57 Å². The lowest BCUT2D eigenvalue weighted by Gasteiger charge is -2.38. The van der Waals surface area contributed by atoms with Gasteiger partial charge in [-0.15, -0.1) is 0 Å². The van der Waals surface area contributed by atoms with Crippen molar-refractivity contribution >= 4 is 13.3 Å². The van der Waals surface area contributed by atoms with Gasteiger partial charge >= 0.3 is 7.59 Å². The van der Waals surface area contributed by atoms with Crippen LogP contribution < -0.4 is 14.8 Å². The van der Waals surface area contributed by atoms with Crippen LogP contribution in [0.15, 0.2) is 30.3 Å². The summed E-state index contributed by atoms with van der Waals surface area (Å²) < 4.78 is 15.9. The maximum absolute atomic E-state index is 14.0. The topological polar surface area (TPSA) is 44.4 Å². The van der Waals surface area contributed by atoms with E-state index in [1.165, 1.54) is 38.5 Å². The molecule has 0 amide bonds.